The van der Waals surface area contributed by atoms with Crippen molar-refractivity contribution in [2.45, 2.75) is 24.8 Å². The zero-order valence-corrected chi connectivity index (χ0v) is 19.7. The van der Waals surface area contributed by atoms with Crippen LogP contribution < -0.4 is 4.74 Å². The lowest BCUT2D eigenvalue weighted by Gasteiger charge is -2.11. The van der Waals surface area contributed by atoms with E-state index in [2.05, 4.69) is 39.4 Å². The number of benzene rings is 2. The van der Waals surface area contributed by atoms with Crippen LogP contribution in [-0.2, 0) is 5.75 Å². The summed E-state index contributed by atoms with van der Waals surface area (Å²) < 4.78 is 13.2. The number of rotatable bonds is 8. The normalized spacial score (nSPS) is 11.0. The molecular weight excluding hydrogens is 446 g/mol. The van der Waals surface area contributed by atoms with Gasteiger partial charge in [-0.25, -0.2) is 0 Å². The molecule has 0 aliphatic heterocycles. The first-order valence-electron chi connectivity index (χ1n) is 11.0. The molecule has 0 spiro atoms. The van der Waals surface area contributed by atoms with Crippen LogP contribution >= 0.6 is 11.8 Å². The van der Waals surface area contributed by atoms with Gasteiger partial charge in [-0.1, -0.05) is 46.7 Å². The van der Waals surface area contributed by atoms with Gasteiger partial charge in [-0.15, -0.1) is 10.2 Å². The average Bonchev–Trinajstić information content (AvgIpc) is 3.52. The Hall–Kier alpha value is -3.91. The molecular formula is C26H23N5O2S. The molecule has 3 aromatic heterocycles. The van der Waals surface area contributed by atoms with Gasteiger partial charge in [0, 0.05) is 35.3 Å². The molecule has 0 radical (unpaired) electrons. The number of hydrogen-bond acceptors (Lipinski definition) is 7. The predicted octanol–water partition coefficient (Wildman–Crippen LogP) is 5.98. The maximum absolute atomic E-state index is 5.60. The molecule has 0 unspecified atom stereocenters. The molecule has 0 aliphatic rings. The number of aryl methyl sites for hydroxylation is 1. The van der Waals surface area contributed by atoms with Crippen LogP contribution in [0, 0.1) is 6.92 Å². The maximum atomic E-state index is 5.60. The fraction of sp³-hybridized carbons (Fsp3) is 0.154. The van der Waals surface area contributed by atoms with Crippen molar-refractivity contribution in [3.63, 3.8) is 0 Å². The lowest BCUT2D eigenvalue weighted by atomic mass is 10.1. The van der Waals surface area contributed by atoms with Gasteiger partial charge in [0.25, 0.3) is 0 Å². The van der Waals surface area contributed by atoms with Gasteiger partial charge in [0.2, 0.25) is 0 Å². The first kappa shape index (κ1) is 21.9. The van der Waals surface area contributed by atoms with Gasteiger partial charge in [0.15, 0.2) is 11.0 Å². The van der Waals surface area contributed by atoms with Crippen LogP contribution in [0.15, 0.2) is 88.8 Å². The Labute approximate surface area is 201 Å². The van der Waals surface area contributed by atoms with E-state index in [0.717, 1.165) is 45.0 Å². The highest BCUT2D eigenvalue weighted by Gasteiger charge is 2.18. The summed E-state index contributed by atoms with van der Waals surface area (Å²) in [5.41, 5.74) is 4.88. The first-order valence-corrected chi connectivity index (χ1v) is 11.9. The molecule has 8 heteroatoms. The second-order valence-electron chi connectivity index (χ2n) is 7.64. The summed E-state index contributed by atoms with van der Waals surface area (Å²) in [5, 5.41) is 13.9. The van der Waals surface area contributed by atoms with E-state index in [-0.39, 0.29) is 0 Å². The fourth-order valence-corrected chi connectivity index (χ4v) is 4.34. The van der Waals surface area contributed by atoms with Gasteiger partial charge in [-0.05, 0) is 50.2 Å². The molecule has 0 amide bonds. The Morgan fingerprint density at radius 3 is 2.53 bits per heavy atom. The molecule has 2 aromatic carbocycles. The molecule has 170 valence electrons. The highest BCUT2D eigenvalue weighted by Crippen LogP contribution is 2.31. The van der Waals surface area contributed by atoms with E-state index in [9.17, 15) is 0 Å². The quantitative estimate of drug-likeness (QED) is 0.259. The summed E-state index contributed by atoms with van der Waals surface area (Å²) in [6.45, 7) is 4.65. The largest absolute Gasteiger partial charge is 0.494 e. The monoisotopic (exact) mass is 469 g/mol. The molecule has 0 N–H and O–H groups in total. The number of ether oxygens (including phenoxy) is 1. The third kappa shape index (κ3) is 4.72. The molecule has 3 heterocycles. The average molecular weight is 470 g/mol. The van der Waals surface area contributed by atoms with E-state index < -0.39 is 0 Å². The molecule has 0 aliphatic carbocycles. The SMILES string of the molecule is CCOc1ccc(-n2c(SCc3cc(-c4ccc(C)cc4)no3)nnc2-c2cccnc2)cc1. The van der Waals surface area contributed by atoms with Gasteiger partial charge in [-0.3, -0.25) is 9.55 Å². The van der Waals surface area contributed by atoms with Gasteiger partial charge in [-0.2, -0.15) is 0 Å². The molecule has 34 heavy (non-hydrogen) atoms. The Kier molecular flexibility index (Phi) is 6.40. The molecule has 0 saturated heterocycles. The second-order valence-corrected chi connectivity index (χ2v) is 8.59. The first-order chi connectivity index (χ1) is 16.7. The van der Waals surface area contributed by atoms with Crippen molar-refractivity contribution in [1.82, 2.24) is 24.9 Å². The van der Waals surface area contributed by atoms with E-state index in [1.165, 1.54) is 17.3 Å². The standard InChI is InChI=1S/C26H23N5O2S/c1-3-32-22-12-10-21(11-13-22)31-25(20-5-4-14-27-16-20)28-29-26(31)34-17-23-15-24(30-33-23)19-8-6-18(2)7-9-19/h4-16H,3,17H2,1-2H3. The summed E-state index contributed by atoms with van der Waals surface area (Å²) in [4.78, 5) is 4.24. The molecule has 0 saturated carbocycles. The van der Waals surface area contributed by atoms with E-state index in [1.807, 2.05) is 66.1 Å². The van der Waals surface area contributed by atoms with Crippen molar-refractivity contribution in [3.05, 3.63) is 90.4 Å². The summed E-state index contributed by atoms with van der Waals surface area (Å²) in [6.07, 6.45) is 3.53. The van der Waals surface area contributed by atoms with Crippen LogP contribution in [0.5, 0.6) is 5.75 Å². The zero-order chi connectivity index (χ0) is 23.3. The molecule has 0 fully saturated rings. The lowest BCUT2D eigenvalue weighted by molar-refractivity contribution is 0.340. The molecule has 0 bridgehead atoms. The van der Waals surface area contributed by atoms with Crippen LogP contribution in [-0.4, -0.2) is 31.5 Å². The minimum absolute atomic E-state index is 0.570. The van der Waals surface area contributed by atoms with Gasteiger partial charge in [0.05, 0.1) is 12.4 Å². The zero-order valence-electron chi connectivity index (χ0n) is 18.9. The predicted molar refractivity (Wildman–Crippen MR) is 132 cm³/mol. The number of pyridine rings is 1. The fourth-order valence-electron chi connectivity index (χ4n) is 3.51. The van der Waals surface area contributed by atoms with Crippen molar-refractivity contribution in [1.29, 1.82) is 0 Å². The third-order valence-electron chi connectivity index (χ3n) is 5.21. The van der Waals surface area contributed by atoms with Crippen molar-refractivity contribution in [2.75, 3.05) is 6.61 Å². The lowest BCUT2D eigenvalue weighted by Crippen LogP contribution is -2.00. The van der Waals surface area contributed by atoms with Crippen LogP contribution in [0.3, 0.4) is 0 Å². The third-order valence-corrected chi connectivity index (χ3v) is 6.16. The highest BCUT2D eigenvalue weighted by atomic mass is 32.2. The van der Waals surface area contributed by atoms with Crippen LogP contribution in [0.4, 0.5) is 0 Å². The summed E-state index contributed by atoms with van der Waals surface area (Å²) in [6, 6.07) is 22.0. The topological polar surface area (TPSA) is 78.9 Å². The number of hydrogen-bond donors (Lipinski definition) is 0. The van der Waals surface area contributed by atoms with Gasteiger partial charge in [0.1, 0.15) is 17.2 Å². The highest BCUT2D eigenvalue weighted by molar-refractivity contribution is 7.98. The maximum Gasteiger partial charge on any atom is 0.196 e. The van der Waals surface area contributed by atoms with Gasteiger partial charge >= 0.3 is 0 Å². The smallest absolute Gasteiger partial charge is 0.196 e. The van der Waals surface area contributed by atoms with Crippen molar-refractivity contribution < 1.29 is 9.26 Å². The van der Waals surface area contributed by atoms with Crippen LogP contribution in [0.25, 0.3) is 28.3 Å². The van der Waals surface area contributed by atoms with Crippen molar-refractivity contribution in [3.8, 4) is 34.1 Å². The Morgan fingerprint density at radius 2 is 1.79 bits per heavy atom. The Balaban J connectivity index is 1.42. The minimum atomic E-state index is 0.570. The van der Waals surface area contributed by atoms with E-state index >= 15 is 0 Å². The van der Waals surface area contributed by atoms with E-state index in [0.29, 0.717) is 12.4 Å². The summed E-state index contributed by atoms with van der Waals surface area (Å²) >= 11 is 1.54. The summed E-state index contributed by atoms with van der Waals surface area (Å²) in [7, 11) is 0. The Bertz CT molecular complexity index is 1360. The Morgan fingerprint density at radius 1 is 0.971 bits per heavy atom. The van der Waals surface area contributed by atoms with Crippen LogP contribution in [0.1, 0.15) is 18.2 Å². The van der Waals surface area contributed by atoms with E-state index in [4.69, 9.17) is 9.26 Å². The number of thioether (sulfide) groups is 1. The number of nitrogens with zero attached hydrogens (tertiary/aromatic N) is 5. The molecule has 0 atom stereocenters. The van der Waals surface area contributed by atoms with Crippen LogP contribution in [0.2, 0.25) is 0 Å². The summed E-state index contributed by atoms with van der Waals surface area (Å²) in [5.74, 6) is 2.88. The minimum Gasteiger partial charge on any atom is -0.494 e. The molecule has 5 aromatic rings. The van der Waals surface area contributed by atoms with Crippen molar-refractivity contribution >= 4 is 11.8 Å². The van der Waals surface area contributed by atoms with Gasteiger partial charge < -0.3 is 9.26 Å². The molecule has 5 rings (SSSR count). The number of aromatic nitrogens is 5. The van der Waals surface area contributed by atoms with Crippen molar-refractivity contribution in [2.24, 2.45) is 0 Å². The second kappa shape index (κ2) is 9.93. The van der Waals surface area contributed by atoms with E-state index in [1.54, 1.807) is 12.4 Å². The molecule has 7 nitrogen and oxygen atoms in total.